The number of benzene rings is 1. The van der Waals surface area contributed by atoms with E-state index in [2.05, 4.69) is 52.4 Å². The fraction of sp³-hybridized carbons (Fsp3) is 0.650. The molecule has 0 spiro atoms. The Kier molecular flexibility index (Phi) is 6.70. The van der Waals surface area contributed by atoms with Crippen molar-refractivity contribution >= 4 is 6.03 Å². The molecule has 1 atom stereocenters. The summed E-state index contributed by atoms with van der Waals surface area (Å²) in [6, 6.07) is 11.1. The molecule has 3 rings (SSSR count). The number of nitrogens with one attached hydrogen (secondary N) is 1. The normalized spacial score (nSPS) is 22.3. The van der Waals surface area contributed by atoms with E-state index in [4.69, 9.17) is 0 Å². The summed E-state index contributed by atoms with van der Waals surface area (Å²) in [4.78, 5) is 19.4. The molecule has 5 heteroatoms. The van der Waals surface area contributed by atoms with Gasteiger partial charge in [-0.15, -0.1) is 0 Å². The van der Waals surface area contributed by atoms with E-state index in [9.17, 15) is 4.79 Å². The average molecular weight is 345 g/mol. The van der Waals surface area contributed by atoms with Crippen LogP contribution in [0.2, 0.25) is 0 Å². The third-order valence-electron chi connectivity index (χ3n) is 5.36. The summed E-state index contributed by atoms with van der Waals surface area (Å²) in [5.74, 6) is 0. The molecule has 1 aromatic rings. The summed E-state index contributed by atoms with van der Waals surface area (Å²) in [7, 11) is 0. The first-order valence-corrected chi connectivity index (χ1v) is 9.78. The van der Waals surface area contributed by atoms with E-state index in [0.29, 0.717) is 6.04 Å². The van der Waals surface area contributed by atoms with Crippen molar-refractivity contribution in [1.82, 2.24) is 20.0 Å². The van der Waals surface area contributed by atoms with Gasteiger partial charge in [0.1, 0.15) is 0 Å². The summed E-state index contributed by atoms with van der Waals surface area (Å²) in [5, 5.41) is 3.24. The highest BCUT2D eigenvalue weighted by Gasteiger charge is 2.26. The maximum atomic E-state index is 12.5. The number of carbonyl (C=O) groups is 1. The van der Waals surface area contributed by atoms with Crippen LogP contribution >= 0.6 is 0 Å². The smallest absolute Gasteiger partial charge is 0.317 e. The van der Waals surface area contributed by atoms with Crippen LogP contribution in [0, 0.1) is 0 Å². The van der Waals surface area contributed by atoms with E-state index in [1.807, 2.05) is 4.90 Å². The van der Waals surface area contributed by atoms with Crippen LogP contribution in [0.3, 0.4) is 0 Å². The van der Waals surface area contributed by atoms with Gasteiger partial charge in [0.15, 0.2) is 0 Å². The molecule has 2 amide bonds. The molecule has 1 aromatic carbocycles. The predicted octanol–water partition coefficient (Wildman–Crippen LogP) is 2.04. The van der Waals surface area contributed by atoms with E-state index in [0.717, 1.165) is 65.2 Å². The molecule has 0 aliphatic carbocycles. The second-order valence-corrected chi connectivity index (χ2v) is 7.30. The standard InChI is InChI=1S/C20H32N4O/c1-2-10-23-12-9-19(17-23)21-20(25)24-15-13-22(14-16-24)11-8-18-6-4-3-5-7-18/h3-7,19H,2,8-17H2,1H3,(H,21,25). The summed E-state index contributed by atoms with van der Waals surface area (Å²) in [6.45, 7) is 10.2. The van der Waals surface area contributed by atoms with E-state index in [1.54, 1.807) is 0 Å². The molecular weight excluding hydrogens is 312 g/mol. The molecule has 2 saturated heterocycles. The van der Waals surface area contributed by atoms with Gasteiger partial charge in [0, 0.05) is 51.9 Å². The lowest BCUT2D eigenvalue weighted by Crippen LogP contribution is -2.54. The van der Waals surface area contributed by atoms with Gasteiger partial charge in [-0.1, -0.05) is 37.3 Å². The van der Waals surface area contributed by atoms with Crippen molar-refractivity contribution in [2.45, 2.75) is 32.2 Å². The highest BCUT2D eigenvalue weighted by Crippen LogP contribution is 2.11. The largest absolute Gasteiger partial charge is 0.334 e. The van der Waals surface area contributed by atoms with Crippen LogP contribution < -0.4 is 5.32 Å². The molecule has 138 valence electrons. The zero-order valence-electron chi connectivity index (χ0n) is 15.5. The second-order valence-electron chi connectivity index (χ2n) is 7.30. The molecule has 0 aromatic heterocycles. The van der Waals surface area contributed by atoms with E-state index >= 15 is 0 Å². The van der Waals surface area contributed by atoms with Crippen LogP contribution in [0.25, 0.3) is 0 Å². The highest BCUT2D eigenvalue weighted by molar-refractivity contribution is 5.74. The number of likely N-dealkylation sites (tertiary alicyclic amines) is 1. The molecule has 1 N–H and O–H groups in total. The number of amides is 2. The van der Waals surface area contributed by atoms with Gasteiger partial charge in [0.05, 0.1) is 0 Å². The van der Waals surface area contributed by atoms with Gasteiger partial charge in [-0.05, 0) is 31.4 Å². The van der Waals surface area contributed by atoms with Crippen molar-refractivity contribution in [2.24, 2.45) is 0 Å². The Hall–Kier alpha value is -1.59. The van der Waals surface area contributed by atoms with E-state index < -0.39 is 0 Å². The van der Waals surface area contributed by atoms with Crippen molar-refractivity contribution in [3.63, 3.8) is 0 Å². The lowest BCUT2D eigenvalue weighted by molar-refractivity contribution is 0.138. The van der Waals surface area contributed by atoms with Crippen molar-refractivity contribution in [1.29, 1.82) is 0 Å². The third kappa shape index (κ3) is 5.44. The Morgan fingerprint density at radius 3 is 2.52 bits per heavy atom. The third-order valence-corrected chi connectivity index (χ3v) is 5.36. The van der Waals surface area contributed by atoms with Gasteiger partial charge in [0.25, 0.3) is 0 Å². The molecule has 2 aliphatic heterocycles. The number of carbonyl (C=O) groups excluding carboxylic acids is 1. The van der Waals surface area contributed by atoms with Crippen molar-refractivity contribution in [3.05, 3.63) is 35.9 Å². The van der Waals surface area contributed by atoms with E-state index in [1.165, 1.54) is 12.0 Å². The topological polar surface area (TPSA) is 38.8 Å². The summed E-state index contributed by atoms with van der Waals surface area (Å²) in [6.07, 6.45) is 3.36. The van der Waals surface area contributed by atoms with Crippen LogP contribution in [-0.4, -0.2) is 79.1 Å². The first-order valence-electron chi connectivity index (χ1n) is 9.78. The summed E-state index contributed by atoms with van der Waals surface area (Å²) in [5.41, 5.74) is 1.39. The highest BCUT2D eigenvalue weighted by atomic mass is 16.2. The van der Waals surface area contributed by atoms with Gasteiger partial charge in [-0.25, -0.2) is 4.79 Å². The van der Waals surface area contributed by atoms with Crippen molar-refractivity contribution in [2.75, 3.05) is 52.4 Å². The minimum Gasteiger partial charge on any atom is -0.334 e. The fourth-order valence-electron chi connectivity index (χ4n) is 3.84. The monoisotopic (exact) mass is 344 g/mol. The molecule has 25 heavy (non-hydrogen) atoms. The fourth-order valence-corrected chi connectivity index (χ4v) is 3.84. The number of urea groups is 1. The number of hydrogen-bond acceptors (Lipinski definition) is 3. The van der Waals surface area contributed by atoms with Gasteiger partial charge >= 0.3 is 6.03 Å². The number of piperazine rings is 1. The van der Waals surface area contributed by atoms with Crippen LogP contribution in [0.5, 0.6) is 0 Å². The van der Waals surface area contributed by atoms with Crippen LogP contribution in [0.1, 0.15) is 25.3 Å². The number of rotatable bonds is 6. The van der Waals surface area contributed by atoms with Crippen LogP contribution in [-0.2, 0) is 6.42 Å². The molecule has 5 nitrogen and oxygen atoms in total. The Labute approximate surface area is 152 Å². The zero-order chi connectivity index (χ0) is 17.5. The van der Waals surface area contributed by atoms with Crippen LogP contribution in [0.4, 0.5) is 4.79 Å². The van der Waals surface area contributed by atoms with Crippen molar-refractivity contribution < 1.29 is 4.79 Å². The Bertz CT molecular complexity index is 528. The Morgan fingerprint density at radius 2 is 1.80 bits per heavy atom. The molecule has 0 saturated carbocycles. The predicted molar refractivity (Wildman–Crippen MR) is 102 cm³/mol. The maximum absolute atomic E-state index is 12.5. The number of nitrogens with zero attached hydrogens (tertiary/aromatic N) is 3. The molecule has 2 aliphatic rings. The van der Waals surface area contributed by atoms with Gasteiger partial charge in [-0.3, -0.25) is 4.90 Å². The second kappa shape index (κ2) is 9.20. The minimum atomic E-state index is 0.131. The molecule has 0 bridgehead atoms. The quantitative estimate of drug-likeness (QED) is 0.858. The zero-order valence-corrected chi connectivity index (χ0v) is 15.5. The molecule has 0 radical (unpaired) electrons. The summed E-state index contributed by atoms with van der Waals surface area (Å²) < 4.78 is 0. The summed E-state index contributed by atoms with van der Waals surface area (Å²) >= 11 is 0. The Morgan fingerprint density at radius 1 is 1.04 bits per heavy atom. The maximum Gasteiger partial charge on any atom is 0.317 e. The molecule has 1 unspecified atom stereocenters. The Balaban J connectivity index is 1.35. The molecular formula is C20H32N4O. The van der Waals surface area contributed by atoms with Gasteiger partial charge in [-0.2, -0.15) is 0 Å². The van der Waals surface area contributed by atoms with Gasteiger partial charge < -0.3 is 15.1 Å². The average Bonchev–Trinajstić information content (AvgIpc) is 3.08. The lowest BCUT2D eigenvalue weighted by atomic mass is 10.1. The minimum absolute atomic E-state index is 0.131. The van der Waals surface area contributed by atoms with Crippen molar-refractivity contribution in [3.8, 4) is 0 Å². The first-order chi connectivity index (χ1) is 12.2. The van der Waals surface area contributed by atoms with E-state index in [-0.39, 0.29) is 6.03 Å². The number of hydrogen-bond donors (Lipinski definition) is 1. The van der Waals surface area contributed by atoms with Gasteiger partial charge in [0.2, 0.25) is 0 Å². The molecule has 2 fully saturated rings. The SMILES string of the molecule is CCCN1CCC(NC(=O)N2CCN(CCc3ccccc3)CC2)C1. The molecule has 2 heterocycles. The lowest BCUT2D eigenvalue weighted by Gasteiger charge is -2.35. The van der Waals surface area contributed by atoms with Crippen LogP contribution in [0.15, 0.2) is 30.3 Å². The first kappa shape index (κ1) is 18.2.